The molecule has 0 fully saturated rings. The van der Waals surface area contributed by atoms with Crippen molar-refractivity contribution in [3.8, 4) is 11.8 Å². The van der Waals surface area contributed by atoms with Crippen LogP contribution in [0.1, 0.15) is 21.1 Å². The average molecular weight is 261 g/mol. The van der Waals surface area contributed by atoms with Crippen molar-refractivity contribution in [1.82, 2.24) is 20.5 Å². The first-order valence-corrected chi connectivity index (χ1v) is 6.07. The van der Waals surface area contributed by atoms with Gasteiger partial charge < -0.3 is 11.1 Å². The minimum Gasteiger partial charge on any atom is -0.345 e. The monoisotopic (exact) mass is 261 g/mol. The lowest BCUT2D eigenvalue weighted by molar-refractivity contribution is 0.0950. The van der Waals surface area contributed by atoms with Crippen molar-refractivity contribution < 1.29 is 4.79 Å². The second-order valence-electron chi connectivity index (χ2n) is 3.32. The van der Waals surface area contributed by atoms with Gasteiger partial charge in [-0.05, 0) is 6.07 Å². The zero-order valence-electron chi connectivity index (χ0n) is 9.43. The molecule has 0 aromatic carbocycles. The summed E-state index contributed by atoms with van der Waals surface area (Å²) < 4.78 is 0. The highest BCUT2D eigenvalue weighted by Crippen LogP contribution is 2.13. The number of thiophene rings is 1. The number of carbonyl (C=O) groups excluding carboxylic acids is 1. The van der Waals surface area contributed by atoms with E-state index in [1.165, 1.54) is 17.7 Å². The molecule has 6 nitrogen and oxygen atoms in total. The quantitative estimate of drug-likeness (QED) is 0.683. The number of aromatic nitrogens is 3. The van der Waals surface area contributed by atoms with Gasteiger partial charge in [-0.15, -0.1) is 11.3 Å². The Balaban J connectivity index is 1.94. The molecule has 0 atom stereocenters. The maximum atomic E-state index is 11.8. The van der Waals surface area contributed by atoms with Crippen LogP contribution in [0, 0.1) is 11.8 Å². The van der Waals surface area contributed by atoms with Crippen LogP contribution in [0.5, 0.6) is 0 Å². The van der Waals surface area contributed by atoms with E-state index in [4.69, 9.17) is 5.73 Å². The Labute approximate surface area is 108 Å². The first-order valence-electron chi connectivity index (χ1n) is 5.19. The van der Waals surface area contributed by atoms with E-state index < -0.39 is 0 Å². The number of nitrogens with one attached hydrogen (secondary N) is 2. The van der Waals surface area contributed by atoms with E-state index in [0.717, 1.165) is 4.88 Å². The number of nitrogens with zero attached hydrogens (tertiary/aromatic N) is 2. The van der Waals surface area contributed by atoms with E-state index in [0.29, 0.717) is 24.5 Å². The Morgan fingerprint density at radius 1 is 1.61 bits per heavy atom. The van der Waals surface area contributed by atoms with E-state index in [1.807, 2.05) is 0 Å². The predicted octanol–water partition coefficient (Wildman–Crippen LogP) is 0.106. The van der Waals surface area contributed by atoms with Crippen LogP contribution < -0.4 is 11.1 Å². The molecule has 0 radical (unpaired) electrons. The summed E-state index contributed by atoms with van der Waals surface area (Å²) in [5.41, 5.74) is 5.86. The number of H-pyrrole nitrogens is 1. The summed E-state index contributed by atoms with van der Waals surface area (Å²) in [7, 11) is 0. The number of hydrogen-bond acceptors (Lipinski definition) is 5. The molecule has 2 heterocycles. The predicted molar refractivity (Wildman–Crippen MR) is 67.8 cm³/mol. The molecule has 0 spiro atoms. The Bertz CT molecular complexity index is 578. The van der Waals surface area contributed by atoms with Gasteiger partial charge >= 0.3 is 0 Å². The first-order chi connectivity index (χ1) is 8.79. The maximum absolute atomic E-state index is 11.8. The van der Waals surface area contributed by atoms with Crippen molar-refractivity contribution in [1.29, 1.82) is 0 Å². The van der Waals surface area contributed by atoms with Gasteiger partial charge in [-0.25, -0.2) is 4.98 Å². The van der Waals surface area contributed by atoms with E-state index in [9.17, 15) is 4.79 Å². The SMILES string of the molecule is NCC#Cc1cc(C(=O)NCc2ncn[nH]2)cs1. The highest BCUT2D eigenvalue weighted by molar-refractivity contribution is 7.10. The van der Waals surface area contributed by atoms with Crippen molar-refractivity contribution >= 4 is 17.2 Å². The van der Waals surface area contributed by atoms with Crippen molar-refractivity contribution in [2.24, 2.45) is 5.73 Å². The minimum atomic E-state index is -0.163. The summed E-state index contributed by atoms with van der Waals surface area (Å²) in [4.78, 5) is 16.5. The molecule has 0 bridgehead atoms. The fourth-order valence-corrected chi connectivity index (χ4v) is 2.00. The molecular weight excluding hydrogens is 250 g/mol. The maximum Gasteiger partial charge on any atom is 0.252 e. The van der Waals surface area contributed by atoms with Gasteiger partial charge in [0.2, 0.25) is 0 Å². The summed E-state index contributed by atoms with van der Waals surface area (Å²) in [6, 6.07) is 1.74. The lowest BCUT2D eigenvalue weighted by Crippen LogP contribution is -2.22. The normalized spacial score (nSPS) is 9.61. The van der Waals surface area contributed by atoms with Crippen LogP contribution in [-0.4, -0.2) is 27.6 Å². The molecule has 2 rings (SSSR count). The van der Waals surface area contributed by atoms with Crippen molar-refractivity contribution in [3.63, 3.8) is 0 Å². The molecule has 7 heteroatoms. The Morgan fingerprint density at radius 2 is 2.50 bits per heavy atom. The molecule has 0 aliphatic rings. The van der Waals surface area contributed by atoms with E-state index in [2.05, 4.69) is 32.3 Å². The van der Waals surface area contributed by atoms with Crippen LogP contribution >= 0.6 is 11.3 Å². The topological polar surface area (TPSA) is 96.7 Å². The second kappa shape index (κ2) is 5.95. The number of aromatic amines is 1. The van der Waals surface area contributed by atoms with E-state index >= 15 is 0 Å². The summed E-state index contributed by atoms with van der Waals surface area (Å²) in [5, 5.41) is 10.9. The molecule has 4 N–H and O–H groups in total. The molecule has 0 saturated heterocycles. The van der Waals surface area contributed by atoms with Gasteiger partial charge in [0.1, 0.15) is 12.2 Å². The van der Waals surface area contributed by atoms with Crippen LogP contribution in [0.4, 0.5) is 0 Å². The van der Waals surface area contributed by atoms with Gasteiger partial charge in [-0.2, -0.15) is 5.10 Å². The van der Waals surface area contributed by atoms with Gasteiger partial charge in [0.15, 0.2) is 0 Å². The van der Waals surface area contributed by atoms with Crippen LogP contribution in [0.3, 0.4) is 0 Å². The number of amides is 1. The summed E-state index contributed by atoms with van der Waals surface area (Å²) in [6.45, 7) is 0.628. The summed E-state index contributed by atoms with van der Waals surface area (Å²) in [6.07, 6.45) is 1.40. The molecule has 0 unspecified atom stereocenters. The number of hydrogen-bond donors (Lipinski definition) is 3. The molecular formula is C11H11N5OS. The van der Waals surface area contributed by atoms with Gasteiger partial charge in [0, 0.05) is 5.38 Å². The third-order valence-corrected chi connectivity index (χ3v) is 2.90. The Morgan fingerprint density at radius 3 is 3.22 bits per heavy atom. The smallest absolute Gasteiger partial charge is 0.252 e. The van der Waals surface area contributed by atoms with E-state index in [1.54, 1.807) is 11.4 Å². The summed E-state index contributed by atoms with van der Waals surface area (Å²) >= 11 is 1.42. The Hall–Kier alpha value is -2.17. The summed E-state index contributed by atoms with van der Waals surface area (Å²) in [5.74, 6) is 6.08. The lowest BCUT2D eigenvalue weighted by Gasteiger charge is -1.99. The van der Waals surface area contributed by atoms with Gasteiger partial charge in [0.25, 0.3) is 5.91 Å². The van der Waals surface area contributed by atoms with Crippen LogP contribution in [0.15, 0.2) is 17.8 Å². The number of rotatable bonds is 3. The minimum absolute atomic E-state index is 0.163. The molecule has 1 amide bonds. The van der Waals surface area contributed by atoms with Crippen LogP contribution in [0.2, 0.25) is 0 Å². The lowest BCUT2D eigenvalue weighted by atomic mass is 10.3. The largest absolute Gasteiger partial charge is 0.345 e. The molecule has 0 saturated carbocycles. The van der Waals surface area contributed by atoms with Crippen molar-refractivity contribution in [3.05, 3.63) is 34.0 Å². The highest BCUT2D eigenvalue weighted by atomic mass is 32.1. The standard InChI is InChI=1S/C11H11N5OS/c12-3-1-2-9-4-8(6-18-9)11(17)13-5-10-14-7-15-16-10/h4,6-7H,3,5,12H2,(H,13,17)(H,14,15,16). The van der Waals surface area contributed by atoms with Gasteiger partial charge in [-0.3, -0.25) is 9.89 Å². The Kier molecular flexibility index (Phi) is 4.06. The third kappa shape index (κ3) is 3.16. The fourth-order valence-electron chi connectivity index (χ4n) is 1.24. The molecule has 92 valence electrons. The zero-order chi connectivity index (χ0) is 12.8. The van der Waals surface area contributed by atoms with Crippen LogP contribution in [-0.2, 0) is 6.54 Å². The molecule has 0 aliphatic carbocycles. The number of carbonyl (C=O) groups is 1. The van der Waals surface area contributed by atoms with Gasteiger partial charge in [0.05, 0.1) is 23.5 Å². The van der Waals surface area contributed by atoms with Gasteiger partial charge in [-0.1, -0.05) is 11.8 Å². The van der Waals surface area contributed by atoms with Crippen LogP contribution in [0.25, 0.3) is 0 Å². The third-order valence-electron chi connectivity index (χ3n) is 2.06. The molecule has 2 aromatic heterocycles. The molecule has 2 aromatic rings. The second-order valence-corrected chi connectivity index (χ2v) is 4.23. The highest BCUT2D eigenvalue weighted by Gasteiger charge is 2.08. The van der Waals surface area contributed by atoms with Crippen molar-refractivity contribution in [2.75, 3.05) is 6.54 Å². The fraction of sp³-hybridized carbons (Fsp3) is 0.182. The average Bonchev–Trinajstić information content (AvgIpc) is 3.04. The van der Waals surface area contributed by atoms with Crippen molar-refractivity contribution in [2.45, 2.75) is 6.54 Å². The molecule has 18 heavy (non-hydrogen) atoms. The molecule has 0 aliphatic heterocycles. The van der Waals surface area contributed by atoms with E-state index in [-0.39, 0.29) is 5.91 Å². The zero-order valence-corrected chi connectivity index (χ0v) is 10.3. The first kappa shape index (κ1) is 12.3. The number of nitrogens with two attached hydrogens (primary N) is 1.